The lowest BCUT2D eigenvalue weighted by Crippen LogP contribution is -2.40. The molecule has 0 fully saturated rings. The van der Waals surface area contributed by atoms with Gasteiger partial charge in [0.15, 0.2) is 11.5 Å². The molecule has 0 spiro atoms. The molecule has 0 atom stereocenters. The van der Waals surface area contributed by atoms with Gasteiger partial charge in [-0.25, -0.2) is 0 Å². The summed E-state index contributed by atoms with van der Waals surface area (Å²) in [6.07, 6.45) is 0.741. The van der Waals surface area contributed by atoms with Crippen LogP contribution in [0, 0.1) is 0 Å². The van der Waals surface area contributed by atoms with Crippen molar-refractivity contribution in [2.45, 2.75) is 13.0 Å². The van der Waals surface area contributed by atoms with Crippen molar-refractivity contribution < 1.29 is 23.8 Å². The molecular weight excluding hydrogens is 334 g/mol. The summed E-state index contributed by atoms with van der Waals surface area (Å²) >= 11 is 0. The number of amides is 1. The van der Waals surface area contributed by atoms with Gasteiger partial charge in [-0.2, -0.15) is 0 Å². The molecular formula is C20H21NO5. The lowest BCUT2D eigenvalue weighted by molar-refractivity contribution is -0.127. The van der Waals surface area contributed by atoms with Crippen LogP contribution in [-0.2, 0) is 17.8 Å². The SMILES string of the molecule is COc1cc(C(=O)C(=O)N2CCc3ccccc3C2)cc(OC)c1OC. The second-order valence-corrected chi connectivity index (χ2v) is 5.99. The third kappa shape index (κ3) is 3.22. The topological polar surface area (TPSA) is 65.1 Å². The number of nitrogens with zero attached hydrogens (tertiary/aromatic N) is 1. The van der Waals surface area contributed by atoms with Gasteiger partial charge < -0.3 is 19.1 Å². The summed E-state index contributed by atoms with van der Waals surface area (Å²) < 4.78 is 15.8. The average Bonchev–Trinajstić information content (AvgIpc) is 2.70. The van der Waals surface area contributed by atoms with E-state index in [4.69, 9.17) is 14.2 Å². The van der Waals surface area contributed by atoms with Crippen LogP contribution in [0.3, 0.4) is 0 Å². The van der Waals surface area contributed by atoms with Crippen LogP contribution in [0.15, 0.2) is 36.4 Å². The Labute approximate surface area is 152 Å². The van der Waals surface area contributed by atoms with Crippen molar-refractivity contribution in [3.63, 3.8) is 0 Å². The molecule has 0 saturated carbocycles. The van der Waals surface area contributed by atoms with Crippen molar-refractivity contribution in [1.29, 1.82) is 0 Å². The van der Waals surface area contributed by atoms with Gasteiger partial charge in [0.05, 0.1) is 21.3 Å². The van der Waals surface area contributed by atoms with E-state index in [1.807, 2.05) is 18.2 Å². The van der Waals surface area contributed by atoms with Crippen molar-refractivity contribution in [2.75, 3.05) is 27.9 Å². The van der Waals surface area contributed by atoms with Crippen LogP contribution >= 0.6 is 0 Å². The number of carbonyl (C=O) groups excluding carboxylic acids is 2. The van der Waals surface area contributed by atoms with Gasteiger partial charge in [0, 0.05) is 18.7 Å². The molecule has 6 nitrogen and oxygen atoms in total. The van der Waals surface area contributed by atoms with Gasteiger partial charge in [0.25, 0.3) is 11.7 Å². The molecule has 1 amide bonds. The highest BCUT2D eigenvalue weighted by molar-refractivity contribution is 6.42. The lowest BCUT2D eigenvalue weighted by atomic mass is 9.99. The van der Waals surface area contributed by atoms with Crippen LogP contribution in [-0.4, -0.2) is 44.5 Å². The number of carbonyl (C=O) groups is 2. The van der Waals surface area contributed by atoms with Gasteiger partial charge in [-0.15, -0.1) is 0 Å². The first-order chi connectivity index (χ1) is 12.6. The second-order valence-electron chi connectivity index (χ2n) is 5.99. The Balaban J connectivity index is 1.86. The van der Waals surface area contributed by atoms with Crippen LogP contribution in [0.2, 0.25) is 0 Å². The van der Waals surface area contributed by atoms with Crippen molar-refractivity contribution in [3.8, 4) is 17.2 Å². The summed E-state index contributed by atoms with van der Waals surface area (Å²) in [6.45, 7) is 0.956. The first kappa shape index (κ1) is 17.8. The molecule has 0 unspecified atom stereocenters. The molecule has 6 heteroatoms. The third-order valence-corrected chi connectivity index (χ3v) is 4.54. The van der Waals surface area contributed by atoms with E-state index in [2.05, 4.69) is 6.07 Å². The maximum atomic E-state index is 12.7. The predicted octanol–water partition coefficient (Wildman–Crippen LogP) is 2.48. The van der Waals surface area contributed by atoms with Gasteiger partial charge in [0.1, 0.15) is 0 Å². The largest absolute Gasteiger partial charge is 0.493 e. The van der Waals surface area contributed by atoms with E-state index in [1.165, 1.54) is 39.0 Å². The van der Waals surface area contributed by atoms with Gasteiger partial charge in [-0.3, -0.25) is 9.59 Å². The van der Waals surface area contributed by atoms with Gasteiger partial charge in [0.2, 0.25) is 5.75 Å². The number of methoxy groups -OCH3 is 3. The summed E-state index contributed by atoms with van der Waals surface area (Å²) in [6, 6.07) is 11.0. The zero-order valence-electron chi connectivity index (χ0n) is 15.1. The Kier molecular flexibility index (Phi) is 5.11. The number of benzene rings is 2. The van der Waals surface area contributed by atoms with Crippen molar-refractivity contribution in [2.24, 2.45) is 0 Å². The zero-order valence-corrected chi connectivity index (χ0v) is 15.1. The predicted molar refractivity (Wildman–Crippen MR) is 96.0 cm³/mol. The molecule has 0 aromatic heterocycles. The first-order valence-electron chi connectivity index (χ1n) is 8.29. The Hall–Kier alpha value is -3.02. The third-order valence-electron chi connectivity index (χ3n) is 4.54. The summed E-state index contributed by atoms with van der Waals surface area (Å²) in [7, 11) is 4.42. The first-order valence-corrected chi connectivity index (χ1v) is 8.29. The van der Waals surface area contributed by atoms with Crippen LogP contribution in [0.5, 0.6) is 17.2 Å². The Morgan fingerprint density at radius 3 is 2.12 bits per heavy atom. The number of rotatable bonds is 5. The molecule has 136 valence electrons. The van der Waals surface area contributed by atoms with Crippen LogP contribution < -0.4 is 14.2 Å². The number of ketones is 1. The Bertz CT molecular complexity index is 821. The smallest absolute Gasteiger partial charge is 0.295 e. The summed E-state index contributed by atoms with van der Waals surface area (Å²) in [5, 5.41) is 0. The summed E-state index contributed by atoms with van der Waals surface area (Å²) in [5.74, 6) is -0.0673. The molecule has 1 aliphatic heterocycles. The van der Waals surface area contributed by atoms with Crippen molar-refractivity contribution in [1.82, 2.24) is 4.90 Å². The summed E-state index contributed by atoms with van der Waals surface area (Å²) in [4.78, 5) is 27.1. The fourth-order valence-electron chi connectivity index (χ4n) is 3.15. The van der Waals surface area contributed by atoms with Gasteiger partial charge in [-0.05, 0) is 29.7 Å². The maximum Gasteiger partial charge on any atom is 0.295 e. The fraction of sp³-hybridized carbons (Fsp3) is 0.300. The quantitative estimate of drug-likeness (QED) is 0.609. The highest BCUT2D eigenvalue weighted by atomic mass is 16.5. The Morgan fingerprint density at radius 1 is 0.923 bits per heavy atom. The molecule has 0 bridgehead atoms. The molecule has 26 heavy (non-hydrogen) atoms. The van der Waals surface area contributed by atoms with Crippen molar-refractivity contribution >= 4 is 11.7 Å². The number of ether oxygens (including phenoxy) is 3. The van der Waals surface area contributed by atoms with Crippen molar-refractivity contribution in [3.05, 3.63) is 53.1 Å². The van der Waals surface area contributed by atoms with Crippen LogP contribution in [0.25, 0.3) is 0 Å². The minimum Gasteiger partial charge on any atom is -0.493 e. The van der Waals surface area contributed by atoms with E-state index < -0.39 is 11.7 Å². The Morgan fingerprint density at radius 2 is 1.54 bits per heavy atom. The van der Waals surface area contributed by atoms with E-state index in [-0.39, 0.29) is 5.56 Å². The molecule has 1 aliphatic rings. The van der Waals surface area contributed by atoms with E-state index in [0.29, 0.717) is 30.3 Å². The number of hydrogen-bond acceptors (Lipinski definition) is 5. The van der Waals surface area contributed by atoms with Crippen LogP contribution in [0.1, 0.15) is 21.5 Å². The zero-order chi connectivity index (χ0) is 18.7. The van der Waals surface area contributed by atoms with Crippen LogP contribution in [0.4, 0.5) is 0 Å². The van der Waals surface area contributed by atoms with Gasteiger partial charge >= 0.3 is 0 Å². The van der Waals surface area contributed by atoms with E-state index in [0.717, 1.165) is 12.0 Å². The standard InChI is InChI=1S/C20H21NO5/c1-24-16-10-15(11-17(25-2)19(16)26-3)18(22)20(23)21-9-8-13-6-4-5-7-14(13)12-21/h4-7,10-11H,8-9,12H2,1-3H3. The molecule has 0 N–H and O–H groups in total. The fourth-order valence-corrected chi connectivity index (χ4v) is 3.15. The molecule has 1 heterocycles. The van der Waals surface area contributed by atoms with E-state index in [1.54, 1.807) is 4.90 Å². The van der Waals surface area contributed by atoms with E-state index >= 15 is 0 Å². The molecule has 3 rings (SSSR count). The summed E-state index contributed by atoms with van der Waals surface area (Å²) in [5.41, 5.74) is 2.50. The average molecular weight is 355 g/mol. The molecule has 0 radical (unpaired) electrons. The molecule has 2 aromatic rings. The molecule has 2 aromatic carbocycles. The normalized spacial score (nSPS) is 13.0. The number of Topliss-reactive ketones (excluding diaryl/α,β-unsaturated/α-hetero) is 1. The minimum absolute atomic E-state index is 0.211. The molecule has 0 aliphatic carbocycles. The monoisotopic (exact) mass is 355 g/mol. The lowest BCUT2D eigenvalue weighted by Gasteiger charge is -2.28. The number of hydrogen-bond donors (Lipinski definition) is 0. The highest BCUT2D eigenvalue weighted by Gasteiger charge is 2.28. The van der Waals surface area contributed by atoms with Gasteiger partial charge in [-0.1, -0.05) is 24.3 Å². The minimum atomic E-state index is -0.594. The maximum absolute atomic E-state index is 12.7. The van der Waals surface area contributed by atoms with E-state index in [9.17, 15) is 9.59 Å². The molecule has 0 saturated heterocycles. The highest BCUT2D eigenvalue weighted by Crippen LogP contribution is 2.38. The second kappa shape index (κ2) is 7.47. The number of fused-ring (bicyclic) bond motifs is 1.